The highest BCUT2D eigenvalue weighted by atomic mass is 19.1. The average molecular weight is 292 g/mol. The van der Waals surface area contributed by atoms with Gasteiger partial charge in [-0.25, -0.2) is 4.39 Å². The van der Waals surface area contributed by atoms with Crippen LogP contribution in [0, 0.1) is 12.7 Å². The fourth-order valence-corrected chi connectivity index (χ4v) is 3.50. The van der Waals surface area contributed by atoms with Crippen LogP contribution in [0.2, 0.25) is 0 Å². The van der Waals surface area contributed by atoms with E-state index in [0.717, 1.165) is 18.4 Å². The van der Waals surface area contributed by atoms with Gasteiger partial charge in [-0.2, -0.15) is 0 Å². The number of rotatable bonds is 2. The molecular weight excluding hydrogens is 267 g/mol. The first-order chi connectivity index (χ1) is 9.58. The highest BCUT2D eigenvalue weighted by Gasteiger charge is 2.38. The molecule has 0 unspecified atom stereocenters. The van der Waals surface area contributed by atoms with Crippen LogP contribution in [0.1, 0.15) is 56.5 Å². The lowest BCUT2D eigenvalue weighted by Crippen LogP contribution is -2.62. The largest absolute Gasteiger partial charge is 0.349 e. The summed E-state index contributed by atoms with van der Waals surface area (Å²) in [7, 11) is 0. The summed E-state index contributed by atoms with van der Waals surface area (Å²) in [4.78, 5) is 12.3. The maximum absolute atomic E-state index is 13.8. The highest BCUT2D eigenvalue weighted by Crippen LogP contribution is 2.28. The fourth-order valence-electron chi connectivity index (χ4n) is 3.50. The molecule has 21 heavy (non-hydrogen) atoms. The van der Waals surface area contributed by atoms with Crippen LogP contribution in [0.15, 0.2) is 18.2 Å². The van der Waals surface area contributed by atoms with Crippen LogP contribution in [0.5, 0.6) is 0 Å². The van der Waals surface area contributed by atoms with E-state index in [-0.39, 0.29) is 28.6 Å². The Morgan fingerprint density at radius 1 is 1.24 bits per heavy atom. The maximum atomic E-state index is 13.8. The first-order valence-electron chi connectivity index (χ1n) is 7.44. The quantitative estimate of drug-likeness (QED) is 0.879. The standard InChI is InChI=1S/C17H25FN2O/c1-11-6-7-14(18)13(8-11)15(21)19-12-9-16(2,3)20-17(4,5)10-12/h6-8,12,20H,9-10H2,1-5H3,(H,19,21). The molecule has 4 heteroatoms. The number of benzene rings is 1. The molecule has 2 N–H and O–H groups in total. The Morgan fingerprint density at radius 2 is 1.81 bits per heavy atom. The second kappa shape index (κ2) is 5.41. The molecular formula is C17H25FN2O. The Kier molecular flexibility index (Phi) is 4.11. The molecule has 3 nitrogen and oxygen atoms in total. The first-order valence-corrected chi connectivity index (χ1v) is 7.44. The Hall–Kier alpha value is -1.42. The molecule has 1 fully saturated rings. The van der Waals surface area contributed by atoms with E-state index in [1.165, 1.54) is 6.07 Å². The number of carbonyl (C=O) groups excluding carboxylic acids is 1. The van der Waals surface area contributed by atoms with Crippen LogP contribution in [0.3, 0.4) is 0 Å². The molecule has 0 spiro atoms. The molecule has 1 amide bonds. The second-order valence-corrected chi connectivity index (χ2v) is 7.45. The smallest absolute Gasteiger partial charge is 0.254 e. The number of nitrogens with one attached hydrogen (secondary N) is 2. The van der Waals surface area contributed by atoms with Gasteiger partial charge in [-0.05, 0) is 59.6 Å². The Labute approximate surface area is 126 Å². The van der Waals surface area contributed by atoms with Crippen molar-refractivity contribution in [1.82, 2.24) is 10.6 Å². The lowest BCUT2D eigenvalue weighted by atomic mass is 9.79. The van der Waals surface area contributed by atoms with Crippen molar-refractivity contribution in [2.75, 3.05) is 0 Å². The number of amides is 1. The van der Waals surface area contributed by atoms with Gasteiger partial charge >= 0.3 is 0 Å². The molecule has 116 valence electrons. The van der Waals surface area contributed by atoms with E-state index < -0.39 is 5.82 Å². The molecule has 0 aromatic heterocycles. The number of halogens is 1. The maximum Gasteiger partial charge on any atom is 0.254 e. The molecule has 1 aliphatic heterocycles. The monoisotopic (exact) mass is 292 g/mol. The summed E-state index contributed by atoms with van der Waals surface area (Å²) in [5.74, 6) is -0.791. The van der Waals surface area contributed by atoms with Gasteiger partial charge in [0.15, 0.2) is 0 Å². The van der Waals surface area contributed by atoms with E-state index >= 15 is 0 Å². The number of hydrogen-bond donors (Lipinski definition) is 2. The zero-order valence-electron chi connectivity index (χ0n) is 13.5. The lowest BCUT2D eigenvalue weighted by Gasteiger charge is -2.46. The van der Waals surface area contributed by atoms with Gasteiger partial charge in [0.25, 0.3) is 5.91 Å². The van der Waals surface area contributed by atoms with Crippen LogP contribution in [0.4, 0.5) is 4.39 Å². The minimum atomic E-state index is -0.467. The summed E-state index contributed by atoms with van der Waals surface area (Å²) >= 11 is 0. The molecule has 0 atom stereocenters. The van der Waals surface area contributed by atoms with Gasteiger partial charge in [-0.3, -0.25) is 4.79 Å². The van der Waals surface area contributed by atoms with Gasteiger partial charge in [-0.15, -0.1) is 0 Å². The van der Waals surface area contributed by atoms with E-state index in [0.29, 0.717) is 0 Å². The summed E-state index contributed by atoms with van der Waals surface area (Å²) in [5, 5.41) is 6.57. The van der Waals surface area contributed by atoms with Crippen molar-refractivity contribution in [3.8, 4) is 0 Å². The average Bonchev–Trinajstić information content (AvgIpc) is 2.27. The number of aryl methyl sites for hydroxylation is 1. The normalized spacial score (nSPS) is 21.0. The van der Waals surface area contributed by atoms with Gasteiger partial charge in [0.1, 0.15) is 5.82 Å². The summed E-state index contributed by atoms with van der Waals surface area (Å²) in [6.07, 6.45) is 1.66. The predicted octanol–water partition coefficient (Wildman–Crippen LogP) is 3.17. The van der Waals surface area contributed by atoms with Crippen molar-refractivity contribution < 1.29 is 9.18 Å². The van der Waals surface area contributed by atoms with Crippen molar-refractivity contribution >= 4 is 5.91 Å². The van der Waals surface area contributed by atoms with Crippen LogP contribution in [-0.4, -0.2) is 23.0 Å². The molecule has 1 aromatic carbocycles. The minimum absolute atomic E-state index is 0.0451. The highest BCUT2D eigenvalue weighted by molar-refractivity contribution is 5.94. The predicted molar refractivity (Wildman–Crippen MR) is 82.9 cm³/mol. The molecule has 1 saturated heterocycles. The molecule has 1 aromatic rings. The van der Waals surface area contributed by atoms with Gasteiger partial charge in [0, 0.05) is 17.1 Å². The van der Waals surface area contributed by atoms with E-state index in [4.69, 9.17) is 0 Å². The Morgan fingerprint density at radius 3 is 2.38 bits per heavy atom. The third kappa shape index (κ3) is 4.03. The number of hydrogen-bond acceptors (Lipinski definition) is 2. The lowest BCUT2D eigenvalue weighted by molar-refractivity contribution is 0.0869. The third-order valence-corrected chi connectivity index (χ3v) is 3.89. The first kappa shape index (κ1) is 16.0. The number of piperidine rings is 1. The summed E-state index contributed by atoms with van der Waals surface area (Å²) < 4.78 is 13.8. The molecule has 1 aliphatic rings. The zero-order chi connectivity index (χ0) is 15.8. The summed E-state index contributed by atoms with van der Waals surface area (Å²) in [6, 6.07) is 4.66. The van der Waals surface area contributed by atoms with Crippen LogP contribution >= 0.6 is 0 Å². The van der Waals surface area contributed by atoms with E-state index in [2.05, 4.69) is 38.3 Å². The van der Waals surface area contributed by atoms with E-state index in [9.17, 15) is 9.18 Å². The van der Waals surface area contributed by atoms with Crippen molar-refractivity contribution in [3.63, 3.8) is 0 Å². The Balaban J connectivity index is 2.14. The molecule has 0 aliphatic carbocycles. The van der Waals surface area contributed by atoms with Crippen LogP contribution in [-0.2, 0) is 0 Å². The van der Waals surface area contributed by atoms with E-state index in [1.807, 2.05) is 6.92 Å². The van der Waals surface area contributed by atoms with Crippen molar-refractivity contribution in [2.45, 2.75) is 64.6 Å². The zero-order valence-corrected chi connectivity index (χ0v) is 13.5. The van der Waals surface area contributed by atoms with Gasteiger partial charge in [-0.1, -0.05) is 11.6 Å². The van der Waals surface area contributed by atoms with Gasteiger partial charge < -0.3 is 10.6 Å². The molecule has 2 rings (SSSR count). The molecule has 0 bridgehead atoms. The minimum Gasteiger partial charge on any atom is -0.349 e. The van der Waals surface area contributed by atoms with Crippen LogP contribution in [0.25, 0.3) is 0 Å². The SMILES string of the molecule is Cc1ccc(F)c(C(=O)NC2CC(C)(C)NC(C)(C)C2)c1. The van der Waals surface area contributed by atoms with Crippen molar-refractivity contribution in [2.24, 2.45) is 0 Å². The molecule has 1 heterocycles. The topological polar surface area (TPSA) is 41.1 Å². The van der Waals surface area contributed by atoms with Crippen LogP contribution < -0.4 is 10.6 Å². The van der Waals surface area contributed by atoms with Crippen molar-refractivity contribution in [3.05, 3.63) is 35.1 Å². The molecule has 0 radical (unpaired) electrons. The van der Waals surface area contributed by atoms with E-state index in [1.54, 1.807) is 12.1 Å². The van der Waals surface area contributed by atoms with Gasteiger partial charge in [0.05, 0.1) is 5.56 Å². The Bertz CT molecular complexity index is 536. The summed E-state index contributed by atoms with van der Waals surface area (Å²) in [6.45, 7) is 10.4. The third-order valence-electron chi connectivity index (χ3n) is 3.89. The second-order valence-electron chi connectivity index (χ2n) is 7.45. The summed E-state index contributed by atoms with van der Waals surface area (Å²) in [5.41, 5.74) is 0.909. The van der Waals surface area contributed by atoms with Gasteiger partial charge in [0.2, 0.25) is 0 Å². The molecule has 0 saturated carbocycles. The van der Waals surface area contributed by atoms with Crippen molar-refractivity contribution in [1.29, 1.82) is 0 Å². The number of carbonyl (C=O) groups is 1. The fraction of sp³-hybridized carbons (Fsp3) is 0.588.